The number of nitrogens with zero attached hydrogens (tertiary/aromatic N) is 1. The lowest BCUT2D eigenvalue weighted by atomic mass is 10.1. The Hall–Kier alpha value is -1.82. The number of fused-ring (bicyclic) bond motifs is 1. The van der Waals surface area contributed by atoms with Crippen LogP contribution in [0.25, 0.3) is 0 Å². The predicted molar refractivity (Wildman–Crippen MR) is 98.8 cm³/mol. The molecule has 2 aliphatic rings. The summed E-state index contributed by atoms with van der Waals surface area (Å²) in [5.74, 6) is 1.09. The third-order valence-corrected chi connectivity index (χ3v) is 5.80. The van der Waals surface area contributed by atoms with Crippen LogP contribution >= 0.6 is 11.8 Å². The van der Waals surface area contributed by atoms with Gasteiger partial charge in [-0.05, 0) is 43.6 Å². The standard InChI is InChI=1S/C19H24N2O3S/c22-17(20-14-7-1-2-8-14)13-25-12-6-5-11-21-18(23)15-9-3-4-10-16(15)19(21)24/h3-4,9-10,14H,1-2,5-8,11-13H2,(H,20,22). The zero-order chi connectivity index (χ0) is 17.6. The highest BCUT2D eigenvalue weighted by atomic mass is 32.2. The summed E-state index contributed by atoms with van der Waals surface area (Å²) < 4.78 is 0. The maximum Gasteiger partial charge on any atom is 0.261 e. The average Bonchev–Trinajstić information content (AvgIpc) is 3.20. The Kier molecular flexibility index (Phi) is 6.13. The molecule has 1 aliphatic heterocycles. The lowest BCUT2D eigenvalue weighted by Crippen LogP contribution is -2.33. The number of benzene rings is 1. The minimum atomic E-state index is -0.191. The van der Waals surface area contributed by atoms with Gasteiger partial charge in [0.2, 0.25) is 5.91 Å². The maximum absolute atomic E-state index is 12.2. The maximum atomic E-state index is 12.2. The monoisotopic (exact) mass is 360 g/mol. The fourth-order valence-electron chi connectivity index (χ4n) is 3.42. The van der Waals surface area contributed by atoms with Crippen molar-refractivity contribution in [2.24, 2.45) is 0 Å². The van der Waals surface area contributed by atoms with Gasteiger partial charge in [-0.3, -0.25) is 19.3 Å². The van der Waals surface area contributed by atoms with Gasteiger partial charge >= 0.3 is 0 Å². The molecule has 3 amide bonds. The van der Waals surface area contributed by atoms with E-state index >= 15 is 0 Å². The highest BCUT2D eigenvalue weighted by Gasteiger charge is 2.34. The molecule has 0 spiro atoms. The summed E-state index contributed by atoms with van der Waals surface area (Å²) >= 11 is 1.62. The molecule has 3 rings (SSSR count). The summed E-state index contributed by atoms with van der Waals surface area (Å²) in [6.45, 7) is 0.446. The Balaban J connectivity index is 1.31. The van der Waals surface area contributed by atoms with E-state index in [1.807, 2.05) is 0 Å². The van der Waals surface area contributed by atoms with Gasteiger partial charge in [-0.2, -0.15) is 11.8 Å². The molecule has 1 aromatic carbocycles. The minimum absolute atomic E-state index is 0.122. The lowest BCUT2D eigenvalue weighted by molar-refractivity contribution is -0.119. The van der Waals surface area contributed by atoms with Gasteiger partial charge in [-0.15, -0.1) is 0 Å². The van der Waals surface area contributed by atoms with E-state index in [9.17, 15) is 14.4 Å². The third kappa shape index (κ3) is 4.42. The van der Waals surface area contributed by atoms with Crippen LogP contribution in [0.15, 0.2) is 24.3 Å². The molecule has 5 nitrogen and oxygen atoms in total. The summed E-state index contributed by atoms with van der Waals surface area (Å²) in [4.78, 5) is 37.6. The summed E-state index contributed by atoms with van der Waals surface area (Å²) in [7, 11) is 0. The number of amides is 3. The minimum Gasteiger partial charge on any atom is -0.353 e. The highest BCUT2D eigenvalue weighted by molar-refractivity contribution is 7.99. The van der Waals surface area contributed by atoms with Crippen molar-refractivity contribution in [2.45, 2.75) is 44.6 Å². The van der Waals surface area contributed by atoms with Crippen LogP contribution < -0.4 is 5.32 Å². The molecule has 1 aliphatic carbocycles. The van der Waals surface area contributed by atoms with Crippen molar-refractivity contribution < 1.29 is 14.4 Å². The smallest absolute Gasteiger partial charge is 0.261 e. The van der Waals surface area contributed by atoms with E-state index < -0.39 is 0 Å². The number of nitrogens with one attached hydrogen (secondary N) is 1. The van der Waals surface area contributed by atoms with Crippen LogP contribution in [0.2, 0.25) is 0 Å². The molecule has 1 saturated carbocycles. The first kappa shape index (κ1) is 18.0. The van der Waals surface area contributed by atoms with Gasteiger partial charge in [0.1, 0.15) is 0 Å². The Labute approximate surface area is 152 Å². The van der Waals surface area contributed by atoms with Gasteiger partial charge in [0.25, 0.3) is 11.8 Å². The number of rotatable bonds is 8. The number of hydrogen-bond donors (Lipinski definition) is 1. The van der Waals surface area contributed by atoms with Crippen molar-refractivity contribution >= 4 is 29.5 Å². The Morgan fingerprint density at radius 3 is 2.36 bits per heavy atom. The fourth-order valence-corrected chi connectivity index (χ4v) is 4.24. The highest BCUT2D eigenvalue weighted by Crippen LogP contribution is 2.23. The number of thioether (sulfide) groups is 1. The van der Waals surface area contributed by atoms with Crippen LogP contribution in [0.5, 0.6) is 0 Å². The van der Waals surface area contributed by atoms with Crippen LogP contribution in [-0.2, 0) is 4.79 Å². The van der Waals surface area contributed by atoms with E-state index in [2.05, 4.69) is 5.32 Å². The van der Waals surface area contributed by atoms with Crippen LogP contribution in [-0.4, -0.2) is 46.7 Å². The number of carbonyl (C=O) groups excluding carboxylic acids is 3. The molecule has 1 N–H and O–H groups in total. The van der Waals surface area contributed by atoms with E-state index in [0.717, 1.165) is 31.4 Å². The van der Waals surface area contributed by atoms with E-state index in [0.29, 0.717) is 29.5 Å². The molecule has 0 saturated heterocycles. The number of unbranched alkanes of at least 4 members (excludes halogenated alkanes) is 1. The fraction of sp³-hybridized carbons (Fsp3) is 0.526. The third-order valence-electron chi connectivity index (χ3n) is 4.75. The second-order valence-corrected chi connectivity index (χ2v) is 7.72. The van der Waals surface area contributed by atoms with E-state index in [-0.39, 0.29) is 17.7 Å². The van der Waals surface area contributed by atoms with Crippen LogP contribution in [0.1, 0.15) is 59.2 Å². The first-order valence-electron chi connectivity index (χ1n) is 8.99. The van der Waals surface area contributed by atoms with Crippen LogP contribution in [0.4, 0.5) is 0 Å². The molecule has 0 bridgehead atoms. The molecular formula is C19H24N2O3S. The summed E-state index contributed by atoms with van der Waals surface area (Å²) in [5.41, 5.74) is 1.01. The largest absolute Gasteiger partial charge is 0.353 e. The van der Waals surface area contributed by atoms with E-state index in [1.54, 1.807) is 36.0 Å². The zero-order valence-corrected chi connectivity index (χ0v) is 15.1. The van der Waals surface area contributed by atoms with Crippen molar-refractivity contribution in [2.75, 3.05) is 18.1 Å². The lowest BCUT2D eigenvalue weighted by Gasteiger charge is -2.13. The normalized spacial score (nSPS) is 17.2. The van der Waals surface area contributed by atoms with Crippen molar-refractivity contribution in [3.63, 3.8) is 0 Å². The van der Waals surface area contributed by atoms with Crippen LogP contribution in [0.3, 0.4) is 0 Å². The second kappa shape index (κ2) is 8.52. The molecule has 6 heteroatoms. The van der Waals surface area contributed by atoms with Gasteiger partial charge in [0.05, 0.1) is 16.9 Å². The first-order chi connectivity index (χ1) is 12.2. The SMILES string of the molecule is O=C(CSCCCCN1C(=O)c2ccccc2C1=O)NC1CCCC1. The average molecular weight is 360 g/mol. The summed E-state index contributed by atoms with van der Waals surface area (Å²) in [6.07, 6.45) is 6.30. The Morgan fingerprint density at radius 1 is 1.08 bits per heavy atom. The van der Waals surface area contributed by atoms with Gasteiger partial charge in [0.15, 0.2) is 0 Å². The molecule has 1 aromatic rings. The van der Waals surface area contributed by atoms with Gasteiger partial charge in [0, 0.05) is 12.6 Å². The molecule has 134 valence electrons. The molecule has 0 unspecified atom stereocenters. The molecule has 25 heavy (non-hydrogen) atoms. The Morgan fingerprint density at radius 2 is 1.72 bits per heavy atom. The Bertz CT molecular complexity index is 621. The van der Waals surface area contributed by atoms with Crippen molar-refractivity contribution in [1.29, 1.82) is 0 Å². The summed E-state index contributed by atoms with van der Waals surface area (Å²) in [6, 6.07) is 7.34. The molecular weight excluding hydrogens is 336 g/mol. The number of imide groups is 1. The van der Waals surface area contributed by atoms with Crippen molar-refractivity contribution in [3.05, 3.63) is 35.4 Å². The van der Waals surface area contributed by atoms with Crippen molar-refractivity contribution in [1.82, 2.24) is 10.2 Å². The van der Waals surface area contributed by atoms with Crippen LogP contribution in [0, 0.1) is 0 Å². The number of hydrogen-bond acceptors (Lipinski definition) is 4. The van der Waals surface area contributed by atoms with Gasteiger partial charge in [-0.1, -0.05) is 25.0 Å². The number of carbonyl (C=O) groups is 3. The predicted octanol–water partition coefficient (Wildman–Crippen LogP) is 2.85. The van der Waals surface area contributed by atoms with E-state index in [4.69, 9.17) is 0 Å². The molecule has 0 radical (unpaired) electrons. The van der Waals surface area contributed by atoms with E-state index in [1.165, 1.54) is 17.7 Å². The molecule has 0 aromatic heterocycles. The van der Waals surface area contributed by atoms with Gasteiger partial charge < -0.3 is 5.32 Å². The van der Waals surface area contributed by atoms with Crippen molar-refractivity contribution in [3.8, 4) is 0 Å². The first-order valence-corrected chi connectivity index (χ1v) is 10.1. The summed E-state index contributed by atoms with van der Waals surface area (Å²) in [5, 5.41) is 3.08. The van der Waals surface area contributed by atoms with Gasteiger partial charge in [-0.25, -0.2) is 0 Å². The topological polar surface area (TPSA) is 66.5 Å². The molecule has 0 atom stereocenters. The molecule has 1 fully saturated rings. The quantitative estimate of drug-likeness (QED) is 0.572. The second-order valence-electron chi connectivity index (χ2n) is 6.62. The zero-order valence-electron chi connectivity index (χ0n) is 14.3. The molecule has 1 heterocycles.